The minimum absolute atomic E-state index is 0.466. The van der Waals surface area contributed by atoms with Crippen LogP contribution in [0.2, 0.25) is 0 Å². The number of anilines is 3. The summed E-state index contributed by atoms with van der Waals surface area (Å²) in [7, 11) is 2.15. The Morgan fingerprint density at radius 3 is 2.56 bits per heavy atom. The Morgan fingerprint density at radius 1 is 1.03 bits per heavy atom. The number of likely N-dealkylation sites (N-methyl/N-ethyl adjacent to an activating group) is 1. The molecule has 0 aliphatic carbocycles. The van der Waals surface area contributed by atoms with Gasteiger partial charge in [-0.15, -0.1) is 0 Å². The zero-order valence-corrected chi connectivity index (χ0v) is 18.0. The number of nitrogens with one attached hydrogen (secondary N) is 2. The molecule has 162 valence electrons. The summed E-state index contributed by atoms with van der Waals surface area (Å²) in [5, 5.41) is 6.49. The average molecular weight is 427 g/mol. The van der Waals surface area contributed by atoms with E-state index in [1.54, 1.807) is 0 Å². The SMILES string of the molecule is CN1CCN(c2ccc(-c3cnc(Nc4ccccc4)c4c3C=CNC4C=O)cn2)CC1. The summed E-state index contributed by atoms with van der Waals surface area (Å²) in [5.41, 5.74) is 4.68. The standard InChI is InChI=1S/C25H26N6O/c1-30-11-13-31(14-12-30)23-8-7-18(15-27-23)21-16-28-25(29-19-5-3-2-4-6-19)24-20(21)9-10-26-22(24)17-32/h2-10,15-17,22,26H,11-14H2,1H3,(H,28,29). The first kappa shape index (κ1) is 20.2. The predicted octanol–water partition coefficient (Wildman–Crippen LogP) is 3.45. The summed E-state index contributed by atoms with van der Waals surface area (Å²) in [6.07, 6.45) is 8.49. The van der Waals surface area contributed by atoms with E-state index in [1.165, 1.54) is 0 Å². The molecule has 1 saturated heterocycles. The van der Waals surface area contributed by atoms with Crippen LogP contribution in [0.15, 0.2) is 61.1 Å². The molecule has 1 fully saturated rings. The molecule has 7 nitrogen and oxygen atoms in total. The molecule has 32 heavy (non-hydrogen) atoms. The number of pyridine rings is 2. The number of benzene rings is 1. The number of para-hydroxylation sites is 1. The van der Waals surface area contributed by atoms with Crippen LogP contribution in [0.5, 0.6) is 0 Å². The maximum absolute atomic E-state index is 11.8. The van der Waals surface area contributed by atoms with Gasteiger partial charge in [0.2, 0.25) is 0 Å². The molecule has 2 aliphatic heterocycles. The van der Waals surface area contributed by atoms with Crippen molar-refractivity contribution in [3.05, 3.63) is 72.2 Å². The highest BCUT2D eigenvalue weighted by Crippen LogP contribution is 2.36. The van der Waals surface area contributed by atoms with Crippen molar-refractivity contribution in [2.24, 2.45) is 0 Å². The van der Waals surface area contributed by atoms with Gasteiger partial charge in [0.25, 0.3) is 0 Å². The number of carbonyl (C=O) groups excluding carboxylic acids is 1. The van der Waals surface area contributed by atoms with Crippen LogP contribution in [0.4, 0.5) is 17.3 Å². The minimum atomic E-state index is -0.466. The second kappa shape index (κ2) is 8.80. The third-order valence-electron chi connectivity index (χ3n) is 6.05. The van der Waals surface area contributed by atoms with E-state index in [1.807, 2.05) is 55.0 Å². The van der Waals surface area contributed by atoms with Crippen molar-refractivity contribution < 1.29 is 4.79 Å². The van der Waals surface area contributed by atoms with Gasteiger partial charge >= 0.3 is 0 Å². The van der Waals surface area contributed by atoms with Gasteiger partial charge in [0, 0.05) is 61.0 Å². The highest BCUT2D eigenvalue weighted by Gasteiger charge is 2.24. The van der Waals surface area contributed by atoms with Crippen LogP contribution in [0, 0.1) is 0 Å². The van der Waals surface area contributed by atoms with E-state index in [4.69, 9.17) is 9.97 Å². The number of piperazine rings is 1. The van der Waals surface area contributed by atoms with Crippen molar-refractivity contribution in [1.82, 2.24) is 20.2 Å². The molecular weight excluding hydrogens is 400 g/mol. The molecule has 3 aromatic rings. The molecule has 2 N–H and O–H groups in total. The van der Waals surface area contributed by atoms with Gasteiger partial charge in [-0.05, 0) is 49.2 Å². The fourth-order valence-electron chi connectivity index (χ4n) is 4.22. The van der Waals surface area contributed by atoms with Crippen LogP contribution in [0.1, 0.15) is 17.2 Å². The summed E-state index contributed by atoms with van der Waals surface area (Å²) in [6.45, 7) is 4.05. The largest absolute Gasteiger partial charge is 0.378 e. The second-order valence-electron chi connectivity index (χ2n) is 8.15. The average Bonchev–Trinajstić information content (AvgIpc) is 2.85. The summed E-state index contributed by atoms with van der Waals surface area (Å²) >= 11 is 0. The number of nitrogens with zero attached hydrogens (tertiary/aromatic N) is 4. The van der Waals surface area contributed by atoms with Crippen molar-refractivity contribution in [2.75, 3.05) is 43.4 Å². The van der Waals surface area contributed by atoms with Gasteiger partial charge < -0.3 is 25.2 Å². The second-order valence-corrected chi connectivity index (χ2v) is 8.15. The predicted molar refractivity (Wildman–Crippen MR) is 128 cm³/mol. The molecule has 7 heteroatoms. The lowest BCUT2D eigenvalue weighted by Crippen LogP contribution is -2.44. The van der Waals surface area contributed by atoms with Crippen molar-refractivity contribution in [3.63, 3.8) is 0 Å². The quantitative estimate of drug-likeness (QED) is 0.606. The Hall–Kier alpha value is -3.71. The molecule has 4 heterocycles. The van der Waals surface area contributed by atoms with Crippen LogP contribution in [-0.4, -0.2) is 54.4 Å². The Labute approximate surface area is 187 Å². The molecule has 0 radical (unpaired) electrons. The van der Waals surface area contributed by atoms with E-state index in [0.717, 1.165) is 66.2 Å². The molecule has 1 atom stereocenters. The summed E-state index contributed by atoms with van der Waals surface area (Å²) in [6, 6.07) is 13.5. The van der Waals surface area contributed by atoms with Gasteiger partial charge in [0.15, 0.2) is 0 Å². The summed E-state index contributed by atoms with van der Waals surface area (Å²) in [4.78, 5) is 25.9. The first-order valence-electron chi connectivity index (χ1n) is 10.9. The van der Waals surface area contributed by atoms with E-state index in [2.05, 4.69) is 39.6 Å². The monoisotopic (exact) mass is 426 g/mol. The van der Waals surface area contributed by atoms with Crippen LogP contribution >= 0.6 is 0 Å². The topological polar surface area (TPSA) is 73.4 Å². The maximum Gasteiger partial charge on any atom is 0.146 e. The first-order chi connectivity index (χ1) is 15.7. The van der Waals surface area contributed by atoms with Crippen molar-refractivity contribution in [2.45, 2.75) is 6.04 Å². The lowest BCUT2D eigenvalue weighted by atomic mass is 9.92. The zero-order chi connectivity index (χ0) is 21.9. The number of hydrogen-bond donors (Lipinski definition) is 2. The molecule has 5 rings (SSSR count). The first-order valence-corrected chi connectivity index (χ1v) is 10.9. The van der Waals surface area contributed by atoms with Gasteiger partial charge in [0.1, 0.15) is 24.0 Å². The zero-order valence-electron chi connectivity index (χ0n) is 18.0. The number of aromatic nitrogens is 2. The summed E-state index contributed by atoms with van der Waals surface area (Å²) < 4.78 is 0. The Kier molecular flexibility index (Phi) is 5.56. The van der Waals surface area contributed by atoms with Crippen LogP contribution in [-0.2, 0) is 4.79 Å². The van der Waals surface area contributed by atoms with Gasteiger partial charge in [-0.3, -0.25) is 0 Å². The molecule has 2 aromatic heterocycles. The minimum Gasteiger partial charge on any atom is -0.378 e. The van der Waals surface area contributed by atoms with Gasteiger partial charge in [-0.1, -0.05) is 18.2 Å². The highest BCUT2D eigenvalue weighted by molar-refractivity contribution is 5.85. The Bertz CT molecular complexity index is 1120. The smallest absolute Gasteiger partial charge is 0.146 e. The fraction of sp³-hybridized carbons (Fsp3) is 0.240. The van der Waals surface area contributed by atoms with Gasteiger partial charge in [0.05, 0.1) is 0 Å². The normalized spacial score (nSPS) is 18.0. The van der Waals surface area contributed by atoms with Crippen molar-refractivity contribution in [1.29, 1.82) is 0 Å². The van der Waals surface area contributed by atoms with Crippen LogP contribution in [0.25, 0.3) is 17.2 Å². The molecule has 0 saturated carbocycles. The van der Waals surface area contributed by atoms with Crippen molar-refractivity contribution >= 4 is 29.7 Å². The Morgan fingerprint density at radius 2 is 1.84 bits per heavy atom. The molecule has 0 spiro atoms. The van der Waals surface area contributed by atoms with Crippen LogP contribution in [0.3, 0.4) is 0 Å². The molecule has 0 bridgehead atoms. The van der Waals surface area contributed by atoms with E-state index >= 15 is 0 Å². The van der Waals surface area contributed by atoms with E-state index in [9.17, 15) is 4.79 Å². The molecule has 0 amide bonds. The molecule has 2 aliphatic rings. The Balaban J connectivity index is 1.50. The van der Waals surface area contributed by atoms with Crippen molar-refractivity contribution in [3.8, 4) is 11.1 Å². The lowest BCUT2D eigenvalue weighted by Gasteiger charge is -2.33. The molecular formula is C25H26N6O. The third kappa shape index (κ3) is 3.94. The number of hydrogen-bond acceptors (Lipinski definition) is 7. The van der Waals surface area contributed by atoms with E-state index in [0.29, 0.717) is 5.82 Å². The number of aldehydes is 1. The summed E-state index contributed by atoms with van der Waals surface area (Å²) in [5.74, 6) is 1.67. The number of fused-ring (bicyclic) bond motifs is 1. The maximum atomic E-state index is 11.8. The van der Waals surface area contributed by atoms with E-state index < -0.39 is 6.04 Å². The number of carbonyl (C=O) groups is 1. The molecule has 1 aromatic carbocycles. The third-order valence-corrected chi connectivity index (χ3v) is 6.05. The van der Waals surface area contributed by atoms with E-state index in [-0.39, 0.29) is 0 Å². The fourth-order valence-corrected chi connectivity index (χ4v) is 4.22. The lowest BCUT2D eigenvalue weighted by molar-refractivity contribution is -0.109. The van der Waals surface area contributed by atoms with Gasteiger partial charge in [-0.2, -0.15) is 0 Å². The van der Waals surface area contributed by atoms with Crippen LogP contribution < -0.4 is 15.5 Å². The highest BCUT2D eigenvalue weighted by atomic mass is 16.1. The van der Waals surface area contributed by atoms with Gasteiger partial charge in [-0.25, -0.2) is 9.97 Å². The molecule has 1 unspecified atom stereocenters. The number of rotatable bonds is 5.